The maximum absolute atomic E-state index is 13.8. The average Bonchev–Trinajstić information content (AvgIpc) is 2.79. The van der Waals surface area contributed by atoms with Crippen molar-refractivity contribution in [3.8, 4) is 17.0 Å². The summed E-state index contributed by atoms with van der Waals surface area (Å²) in [5, 5.41) is 0.540. The number of pyridine rings is 1. The van der Waals surface area contributed by atoms with E-state index in [0.29, 0.717) is 22.2 Å². The molecule has 0 fully saturated rings. The lowest BCUT2D eigenvalue weighted by molar-refractivity contribution is 0.0201. The Morgan fingerprint density at radius 1 is 0.900 bits per heavy atom. The molecule has 0 spiro atoms. The summed E-state index contributed by atoms with van der Waals surface area (Å²) in [6, 6.07) is 24.6. The van der Waals surface area contributed by atoms with Crippen LogP contribution in [0, 0.1) is 5.82 Å². The van der Waals surface area contributed by atoms with Gasteiger partial charge in [0.2, 0.25) is 0 Å². The highest BCUT2D eigenvalue weighted by Gasteiger charge is 2.15. The van der Waals surface area contributed by atoms with E-state index in [1.807, 2.05) is 60.7 Å². The van der Waals surface area contributed by atoms with Crippen LogP contribution in [0.3, 0.4) is 0 Å². The first-order chi connectivity index (χ1) is 14.7. The monoisotopic (exact) mass is 402 g/mol. The molecule has 5 nitrogen and oxygen atoms in total. The Balaban J connectivity index is 1.49. The van der Waals surface area contributed by atoms with Crippen LogP contribution < -0.4 is 10.2 Å². The van der Waals surface area contributed by atoms with Gasteiger partial charge in [-0.3, -0.25) is 9.63 Å². The van der Waals surface area contributed by atoms with Gasteiger partial charge in [0.25, 0.3) is 5.91 Å². The molecule has 0 atom stereocenters. The fourth-order valence-corrected chi connectivity index (χ4v) is 3.04. The van der Waals surface area contributed by atoms with E-state index in [-0.39, 0.29) is 13.2 Å². The summed E-state index contributed by atoms with van der Waals surface area (Å²) < 4.78 is 19.3. The van der Waals surface area contributed by atoms with Gasteiger partial charge < -0.3 is 4.74 Å². The molecule has 1 heterocycles. The van der Waals surface area contributed by atoms with E-state index in [1.165, 1.54) is 12.1 Å². The van der Waals surface area contributed by atoms with Crippen LogP contribution in [0.5, 0.6) is 5.75 Å². The third-order valence-corrected chi connectivity index (χ3v) is 4.45. The molecule has 0 radical (unpaired) electrons. The van der Waals surface area contributed by atoms with Crippen molar-refractivity contribution < 1.29 is 18.8 Å². The van der Waals surface area contributed by atoms with Gasteiger partial charge in [-0.25, -0.2) is 14.9 Å². The molecule has 0 saturated carbocycles. The molecule has 6 heteroatoms. The zero-order valence-electron chi connectivity index (χ0n) is 16.0. The SMILES string of the molecule is O=C(NOCCOc1ccccc1)c1cc(-c2ccccc2)nc2cc(F)ccc12. The molecule has 0 saturated heterocycles. The van der Waals surface area contributed by atoms with Gasteiger partial charge in [-0.05, 0) is 30.3 Å². The van der Waals surface area contributed by atoms with Gasteiger partial charge in [0.05, 0.1) is 16.8 Å². The van der Waals surface area contributed by atoms with Gasteiger partial charge in [-0.2, -0.15) is 0 Å². The van der Waals surface area contributed by atoms with Gasteiger partial charge in [-0.1, -0.05) is 48.5 Å². The number of amides is 1. The topological polar surface area (TPSA) is 60.5 Å². The molecule has 4 rings (SSSR count). The molecule has 0 aliphatic carbocycles. The Kier molecular flexibility index (Phi) is 5.96. The highest BCUT2D eigenvalue weighted by atomic mass is 19.1. The van der Waals surface area contributed by atoms with E-state index in [9.17, 15) is 9.18 Å². The van der Waals surface area contributed by atoms with Crippen molar-refractivity contribution in [2.24, 2.45) is 0 Å². The molecule has 0 unspecified atom stereocenters. The van der Waals surface area contributed by atoms with Crippen LogP contribution in [0.25, 0.3) is 22.2 Å². The molecular weight excluding hydrogens is 383 g/mol. The van der Waals surface area contributed by atoms with Crippen molar-refractivity contribution in [3.05, 3.63) is 96.3 Å². The number of carbonyl (C=O) groups is 1. The second kappa shape index (κ2) is 9.15. The summed E-state index contributed by atoms with van der Waals surface area (Å²) in [7, 11) is 0. The van der Waals surface area contributed by atoms with Crippen LogP contribution >= 0.6 is 0 Å². The lowest BCUT2D eigenvalue weighted by Crippen LogP contribution is -2.26. The second-order valence-corrected chi connectivity index (χ2v) is 6.52. The first-order valence-corrected chi connectivity index (χ1v) is 9.46. The number of hydroxylamine groups is 1. The highest BCUT2D eigenvalue weighted by Crippen LogP contribution is 2.25. The van der Waals surface area contributed by atoms with Crippen molar-refractivity contribution in [2.45, 2.75) is 0 Å². The number of nitrogens with zero attached hydrogens (tertiary/aromatic N) is 1. The van der Waals surface area contributed by atoms with E-state index in [2.05, 4.69) is 10.5 Å². The molecule has 4 aromatic rings. The Morgan fingerprint density at radius 3 is 2.40 bits per heavy atom. The quantitative estimate of drug-likeness (QED) is 0.357. The number of para-hydroxylation sites is 1. The Labute approximate surface area is 173 Å². The smallest absolute Gasteiger partial charge is 0.275 e. The Hall–Kier alpha value is -3.77. The fraction of sp³-hybridized carbons (Fsp3) is 0.0833. The lowest BCUT2D eigenvalue weighted by atomic mass is 10.0. The fourth-order valence-electron chi connectivity index (χ4n) is 3.04. The van der Waals surface area contributed by atoms with Crippen LogP contribution in [-0.4, -0.2) is 24.1 Å². The minimum Gasteiger partial charge on any atom is -0.491 e. The van der Waals surface area contributed by atoms with Crippen LogP contribution in [0.1, 0.15) is 10.4 Å². The summed E-state index contributed by atoms with van der Waals surface area (Å²) in [4.78, 5) is 22.5. The first-order valence-electron chi connectivity index (χ1n) is 9.46. The van der Waals surface area contributed by atoms with Crippen molar-refractivity contribution in [1.29, 1.82) is 0 Å². The van der Waals surface area contributed by atoms with Crippen LogP contribution in [0.15, 0.2) is 84.9 Å². The van der Waals surface area contributed by atoms with E-state index >= 15 is 0 Å². The minimum absolute atomic E-state index is 0.170. The van der Waals surface area contributed by atoms with Gasteiger partial charge in [-0.15, -0.1) is 0 Å². The number of halogens is 1. The molecule has 1 N–H and O–H groups in total. The molecule has 0 aliphatic heterocycles. The second-order valence-electron chi connectivity index (χ2n) is 6.52. The minimum atomic E-state index is -0.439. The molecule has 0 aliphatic rings. The number of aromatic nitrogens is 1. The van der Waals surface area contributed by atoms with Crippen LogP contribution in [-0.2, 0) is 4.84 Å². The number of rotatable bonds is 7. The number of hydrogen-bond donors (Lipinski definition) is 1. The summed E-state index contributed by atoms with van der Waals surface area (Å²) >= 11 is 0. The zero-order valence-corrected chi connectivity index (χ0v) is 16.0. The summed E-state index contributed by atoms with van der Waals surface area (Å²) in [6.07, 6.45) is 0. The molecule has 0 bridgehead atoms. The predicted octanol–water partition coefficient (Wildman–Crippen LogP) is 4.78. The van der Waals surface area contributed by atoms with Crippen molar-refractivity contribution in [1.82, 2.24) is 10.5 Å². The normalized spacial score (nSPS) is 10.7. The van der Waals surface area contributed by atoms with E-state index in [0.717, 1.165) is 11.3 Å². The first kappa shape index (κ1) is 19.5. The molecule has 3 aromatic carbocycles. The van der Waals surface area contributed by atoms with E-state index < -0.39 is 11.7 Å². The predicted molar refractivity (Wildman–Crippen MR) is 112 cm³/mol. The van der Waals surface area contributed by atoms with E-state index in [1.54, 1.807) is 12.1 Å². The molecule has 150 valence electrons. The van der Waals surface area contributed by atoms with Crippen molar-refractivity contribution in [3.63, 3.8) is 0 Å². The summed E-state index contributed by atoms with van der Waals surface area (Å²) in [6.45, 7) is 0.450. The molecule has 1 amide bonds. The van der Waals surface area contributed by atoms with Crippen molar-refractivity contribution in [2.75, 3.05) is 13.2 Å². The highest BCUT2D eigenvalue weighted by molar-refractivity contribution is 6.06. The number of fused-ring (bicyclic) bond motifs is 1. The number of nitrogens with one attached hydrogen (secondary N) is 1. The maximum Gasteiger partial charge on any atom is 0.275 e. The van der Waals surface area contributed by atoms with Crippen LogP contribution in [0.4, 0.5) is 4.39 Å². The zero-order chi connectivity index (χ0) is 20.8. The Morgan fingerprint density at radius 2 is 1.63 bits per heavy atom. The Bertz CT molecular complexity index is 1150. The van der Waals surface area contributed by atoms with E-state index in [4.69, 9.17) is 9.57 Å². The van der Waals surface area contributed by atoms with Gasteiger partial charge in [0.1, 0.15) is 24.8 Å². The number of benzene rings is 3. The molecule has 30 heavy (non-hydrogen) atoms. The third-order valence-electron chi connectivity index (χ3n) is 4.45. The van der Waals surface area contributed by atoms with Crippen molar-refractivity contribution >= 4 is 16.8 Å². The average molecular weight is 402 g/mol. The maximum atomic E-state index is 13.8. The summed E-state index contributed by atoms with van der Waals surface area (Å²) in [5.74, 6) is -0.131. The number of carbonyl (C=O) groups excluding carboxylic acids is 1. The lowest BCUT2D eigenvalue weighted by Gasteiger charge is -2.11. The van der Waals surface area contributed by atoms with Gasteiger partial charge in [0.15, 0.2) is 0 Å². The molecular formula is C24H19FN2O3. The largest absolute Gasteiger partial charge is 0.491 e. The summed E-state index contributed by atoms with van der Waals surface area (Å²) in [5.41, 5.74) is 4.58. The van der Waals surface area contributed by atoms with Crippen LogP contribution in [0.2, 0.25) is 0 Å². The number of ether oxygens (including phenoxy) is 1. The standard InChI is InChI=1S/C24H19FN2O3/c25-18-11-12-20-21(16-22(26-23(20)15-18)17-7-3-1-4-8-17)24(28)27-30-14-13-29-19-9-5-2-6-10-19/h1-12,15-16H,13-14H2,(H,27,28). The van der Waals surface area contributed by atoms with Gasteiger partial charge >= 0.3 is 0 Å². The van der Waals surface area contributed by atoms with Gasteiger partial charge in [0, 0.05) is 17.0 Å². The molecule has 1 aromatic heterocycles. The third kappa shape index (κ3) is 4.61. The number of hydrogen-bond acceptors (Lipinski definition) is 4.